The van der Waals surface area contributed by atoms with E-state index in [0.29, 0.717) is 19.3 Å². The summed E-state index contributed by atoms with van der Waals surface area (Å²) in [7, 11) is 0. The van der Waals surface area contributed by atoms with Crippen molar-refractivity contribution in [2.75, 3.05) is 13.2 Å². The molecule has 80 heavy (non-hydrogen) atoms. The zero-order chi connectivity index (χ0) is 57.8. The quantitative estimate of drug-likeness (QED) is 0.0261. The lowest BCUT2D eigenvalue weighted by Gasteiger charge is -2.18. The molecule has 0 N–H and O–H groups in total. The highest BCUT2D eigenvalue weighted by Crippen LogP contribution is 2.18. The number of allylic oxidation sites excluding steroid dienone is 14. The Morgan fingerprint density at radius 3 is 0.825 bits per heavy atom. The van der Waals surface area contributed by atoms with Crippen molar-refractivity contribution in [3.05, 3.63) is 85.1 Å². The van der Waals surface area contributed by atoms with Crippen molar-refractivity contribution in [1.82, 2.24) is 0 Å². The highest BCUT2D eigenvalue weighted by molar-refractivity contribution is 5.71. The van der Waals surface area contributed by atoms with E-state index in [1.165, 1.54) is 212 Å². The molecule has 0 fully saturated rings. The summed E-state index contributed by atoms with van der Waals surface area (Å²) in [4.78, 5) is 38.3. The van der Waals surface area contributed by atoms with Gasteiger partial charge in [-0.15, -0.1) is 0 Å². The standard InChI is InChI=1S/C74H130O6/c1-4-7-10-13-16-19-22-25-27-29-31-32-33-34-35-36-37-38-39-40-41-43-44-46-49-52-55-58-61-64-67-73(76)79-70-71(69-78-72(75)66-63-60-57-54-51-48-24-21-18-15-12-9-6-3)80-74(77)68-65-62-59-56-53-50-47-45-42-30-28-26-23-20-17-14-11-8-5-2/h8,11,17,20-21,24,26,28,42,45,50,53,59,62,71H,4-7,9-10,12-16,18-19,22-23,25,27,29-41,43-44,46-49,51-52,54-58,60-61,63-70H2,1-3H3/b11-8-,20-17-,24-21-,28-26-,45-42-,53-50-,62-59-. The van der Waals surface area contributed by atoms with Crippen molar-refractivity contribution in [3.63, 3.8) is 0 Å². The minimum absolute atomic E-state index is 0.107. The molecule has 0 aliphatic carbocycles. The van der Waals surface area contributed by atoms with Gasteiger partial charge in [-0.1, -0.05) is 331 Å². The third-order valence-electron chi connectivity index (χ3n) is 15.1. The van der Waals surface area contributed by atoms with Gasteiger partial charge in [-0.25, -0.2) is 0 Å². The third kappa shape index (κ3) is 65.4. The molecule has 0 spiro atoms. The summed E-state index contributed by atoms with van der Waals surface area (Å²) >= 11 is 0. The molecule has 0 rings (SSSR count). The monoisotopic (exact) mass is 1110 g/mol. The normalized spacial score (nSPS) is 12.6. The van der Waals surface area contributed by atoms with Crippen molar-refractivity contribution in [3.8, 4) is 0 Å². The number of unbranched alkanes of at least 4 members (excludes halogenated alkanes) is 38. The summed E-state index contributed by atoms with van der Waals surface area (Å²) in [6, 6.07) is 0. The Hall–Kier alpha value is -3.41. The van der Waals surface area contributed by atoms with E-state index in [-0.39, 0.29) is 37.5 Å². The second-order valence-electron chi connectivity index (χ2n) is 23.1. The van der Waals surface area contributed by atoms with E-state index >= 15 is 0 Å². The van der Waals surface area contributed by atoms with Crippen LogP contribution < -0.4 is 0 Å². The smallest absolute Gasteiger partial charge is 0.306 e. The summed E-state index contributed by atoms with van der Waals surface area (Å²) in [6.45, 7) is 6.49. The summed E-state index contributed by atoms with van der Waals surface area (Å²) in [5.41, 5.74) is 0. The van der Waals surface area contributed by atoms with E-state index in [2.05, 4.69) is 99.8 Å². The van der Waals surface area contributed by atoms with Crippen LogP contribution in [-0.4, -0.2) is 37.2 Å². The van der Waals surface area contributed by atoms with Crippen LogP contribution in [0.2, 0.25) is 0 Å². The summed E-state index contributed by atoms with van der Waals surface area (Å²) in [6.07, 6.45) is 90.7. The fraction of sp³-hybridized carbons (Fsp3) is 0.770. The molecule has 0 saturated carbocycles. The molecule has 6 heteroatoms. The minimum Gasteiger partial charge on any atom is -0.462 e. The molecule has 0 amide bonds. The maximum Gasteiger partial charge on any atom is 0.306 e. The fourth-order valence-electron chi connectivity index (χ4n) is 10.00. The summed E-state index contributed by atoms with van der Waals surface area (Å²) in [5.74, 6) is -0.987. The zero-order valence-corrected chi connectivity index (χ0v) is 53.1. The highest BCUT2D eigenvalue weighted by Gasteiger charge is 2.19. The second-order valence-corrected chi connectivity index (χ2v) is 23.1. The lowest BCUT2D eigenvalue weighted by molar-refractivity contribution is -0.166. The number of hydrogen-bond acceptors (Lipinski definition) is 6. The summed E-state index contributed by atoms with van der Waals surface area (Å²) < 4.78 is 16.9. The average molecular weight is 1120 g/mol. The highest BCUT2D eigenvalue weighted by atomic mass is 16.6. The molecule has 0 aliphatic rings. The van der Waals surface area contributed by atoms with E-state index < -0.39 is 6.10 Å². The molecule has 0 aromatic carbocycles. The molecule has 0 aromatic rings. The van der Waals surface area contributed by atoms with E-state index in [0.717, 1.165) is 89.9 Å². The largest absolute Gasteiger partial charge is 0.462 e. The maximum absolute atomic E-state index is 12.9. The van der Waals surface area contributed by atoms with Crippen LogP contribution in [0, 0.1) is 0 Å². The number of rotatable bonds is 63. The van der Waals surface area contributed by atoms with Crippen molar-refractivity contribution >= 4 is 17.9 Å². The SMILES string of the molecule is CC/C=C\C/C=C\C/C=C\C/C=C\C/C=C\C/C=C\CCC(=O)OC(COC(=O)CCCCCCC/C=C\CCCCCC)COC(=O)CCCCCCCCCCCCCCCCCCCCCCCCCCCCCCCC. The van der Waals surface area contributed by atoms with Crippen LogP contribution in [0.5, 0.6) is 0 Å². The zero-order valence-electron chi connectivity index (χ0n) is 53.1. The Kier molecular flexibility index (Phi) is 65.2. The van der Waals surface area contributed by atoms with Gasteiger partial charge in [0.25, 0.3) is 0 Å². The molecule has 0 radical (unpaired) electrons. The van der Waals surface area contributed by atoms with Crippen LogP contribution in [0.15, 0.2) is 85.1 Å². The number of carbonyl (C=O) groups is 3. The Bertz CT molecular complexity index is 1520. The Morgan fingerprint density at radius 1 is 0.263 bits per heavy atom. The van der Waals surface area contributed by atoms with Gasteiger partial charge in [-0.05, 0) is 83.5 Å². The van der Waals surface area contributed by atoms with E-state index in [1.54, 1.807) is 0 Å². The predicted molar refractivity (Wildman–Crippen MR) is 348 cm³/mol. The van der Waals surface area contributed by atoms with Crippen LogP contribution in [0.1, 0.15) is 348 Å². The number of esters is 3. The third-order valence-corrected chi connectivity index (χ3v) is 15.1. The minimum atomic E-state index is -0.821. The Balaban J connectivity index is 4.26. The van der Waals surface area contributed by atoms with Gasteiger partial charge in [0.15, 0.2) is 6.10 Å². The summed E-state index contributed by atoms with van der Waals surface area (Å²) in [5, 5.41) is 0. The molecule has 462 valence electrons. The molecule has 0 aliphatic heterocycles. The lowest BCUT2D eigenvalue weighted by atomic mass is 10.0. The average Bonchev–Trinajstić information content (AvgIpc) is 3.46. The van der Waals surface area contributed by atoms with E-state index in [9.17, 15) is 14.4 Å². The molecule has 1 atom stereocenters. The fourth-order valence-corrected chi connectivity index (χ4v) is 10.00. The second kappa shape index (κ2) is 68.1. The van der Waals surface area contributed by atoms with Gasteiger partial charge >= 0.3 is 17.9 Å². The first-order valence-electron chi connectivity index (χ1n) is 34.6. The van der Waals surface area contributed by atoms with Gasteiger partial charge < -0.3 is 14.2 Å². The topological polar surface area (TPSA) is 78.9 Å². The van der Waals surface area contributed by atoms with Crippen molar-refractivity contribution < 1.29 is 28.6 Å². The van der Waals surface area contributed by atoms with Crippen LogP contribution in [-0.2, 0) is 28.6 Å². The molecule has 0 saturated heterocycles. The Morgan fingerprint density at radius 2 is 0.512 bits per heavy atom. The van der Waals surface area contributed by atoms with Crippen molar-refractivity contribution in [2.45, 2.75) is 354 Å². The van der Waals surface area contributed by atoms with Gasteiger partial charge in [0, 0.05) is 19.3 Å². The molecular weight excluding hydrogens is 985 g/mol. The first-order valence-corrected chi connectivity index (χ1v) is 34.6. The molecule has 1 unspecified atom stereocenters. The lowest BCUT2D eigenvalue weighted by Crippen LogP contribution is -2.30. The van der Waals surface area contributed by atoms with Crippen LogP contribution in [0.4, 0.5) is 0 Å². The van der Waals surface area contributed by atoms with Crippen LogP contribution in [0.25, 0.3) is 0 Å². The number of hydrogen-bond donors (Lipinski definition) is 0. The van der Waals surface area contributed by atoms with E-state index in [4.69, 9.17) is 14.2 Å². The predicted octanol–water partition coefficient (Wildman–Crippen LogP) is 23.8. The number of ether oxygens (including phenoxy) is 3. The van der Waals surface area contributed by atoms with Crippen molar-refractivity contribution in [1.29, 1.82) is 0 Å². The molecule has 0 bridgehead atoms. The van der Waals surface area contributed by atoms with Gasteiger partial charge in [0.1, 0.15) is 13.2 Å². The number of carbonyl (C=O) groups excluding carboxylic acids is 3. The Labute approximate surface area is 496 Å². The molecule has 0 heterocycles. The van der Waals surface area contributed by atoms with Crippen molar-refractivity contribution in [2.24, 2.45) is 0 Å². The van der Waals surface area contributed by atoms with Gasteiger partial charge in [-0.3, -0.25) is 14.4 Å². The van der Waals surface area contributed by atoms with Gasteiger partial charge in [-0.2, -0.15) is 0 Å². The van der Waals surface area contributed by atoms with Gasteiger partial charge in [0.05, 0.1) is 0 Å². The van der Waals surface area contributed by atoms with Crippen LogP contribution in [0.3, 0.4) is 0 Å². The van der Waals surface area contributed by atoms with E-state index in [1.807, 2.05) is 6.08 Å². The van der Waals surface area contributed by atoms with Gasteiger partial charge in [0.2, 0.25) is 0 Å². The molecular formula is C74H130O6. The molecule has 0 aromatic heterocycles. The first kappa shape index (κ1) is 76.6. The van der Waals surface area contributed by atoms with Crippen LogP contribution >= 0.6 is 0 Å². The first-order chi connectivity index (χ1) is 39.5. The maximum atomic E-state index is 12.9. The molecule has 6 nitrogen and oxygen atoms in total.